The summed E-state index contributed by atoms with van der Waals surface area (Å²) in [7, 11) is 0. The van der Waals surface area contributed by atoms with Crippen LogP contribution in [0.3, 0.4) is 0 Å². The Kier molecular flexibility index (Phi) is 3.80. The van der Waals surface area contributed by atoms with Crippen LogP contribution in [0.15, 0.2) is 6.33 Å². The molecule has 0 amide bonds. The second kappa shape index (κ2) is 5.21. The molecular formula is C13H22N4O2. The van der Waals surface area contributed by atoms with Gasteiger partial charge in [-0.3, -0.25) is 0 Å². The van der Waals surface area contributed by atoms with E-state index < -0.39 is 0 Å². The highest BCUT2D eigenvalue weighted by Crippen LogP contribution is 2.31. The molecule has 106 valence electrons. The van der Waals surface area contributed by atoms with E-state index in [1.807, 2.05) is 13.8 Å². The third kappa shape index (κ3) is 3.26. The number of anilines is 2. The van der Waals surface area contributed by atoms with E-state index in [-0.39, 0.29) is 11.7 Å². The van der Waals surface area contributed by atoms with Gasteiger partial charge in [-0.15, -0.1) is 0 Å². The molecule has 6 heteroatoms. The molecule has 1 aliphatic rings. The number of aromatic nitrogens is 2. The van der Waals surface area contributed by atoms with Gasteiger partial charge in [0.15, 0.2) is 5.82 Å². The first kappa shape index (κ1) is 13.9. The van der Waals surface area contributed by atoms with Gasteiger partial charge in [0, 0.05) is 13.1 Å². The lowest BCUT2D eigenvalue weighted by molar-refractivity contribution is -0.0278. The summed E-state index contributed by atoms with van der Waals surface area (Å²) in [6.07, 6.45) is 1.53. The molecule has 0 atom stereocenters. The maximum atomic E-state index is 6.12. The zero-order chi connectivity index (χ0) is 14.0. The summed E-state index contributed by atoms with van der Waals surface area (Å²) in [5.74, 6) is 1.17. The normalized spacial score (nSPS) is 18.7. The number of hydrogen-bond acceptors (Lipinski definition) is 6. The van der Waals surface area contributed by atoms with E-state index in [9.17, 15) is 0 Å². The van der Waals surface area contributed by atoms with Crippen LogP contribution in [0.25, 0.3) is 0 Å². The molecule has 1 aromatic rings. The Morgan fingerprint density at radius 3 is 2.79 bits per heavy atom. The highest BCUT2D eigenvalue weighted by Gasteiger charge is 2.29. The minimum Gasteiger partial charge on any atom is -0.473 e. The van der Waals surface area contributed by atoms with Crippen molar-refractivity contribution in [1.29, 1.82) is 0 Å². The zero-order valence-corrected chi connectivity index (χ0v) is 12.0. The number of rotatable bonds is 3. The molecular weight excluding hydrogens is 244 g/mol. The van der Waals surface area contributed by atoms with Gasteiger partial charge in [-0.2, -0.15) is 4.98 Å². The molecule has 0 aliphatic carbocycles. The Bertz CT molecular complexity index is 448. The van der Waals surface area contributed by atoms with Crippen LogP contribution >= 0.6 is 0 Å². The largest absolute Gasteiger partial charge is 0.473 e. The Balaban J connectivity index is 2.24. The Labute approximate surface area is 113 Å². The van der Waals surface area contributed by atoms with Crippen molar-refractivity contribution in [1.82, 2.24) is 9.97 Å². The number of nitrogen functional groups attached to an aromatic ring is 1. The van der Waals surface area contributed by atoms with Gasteiger partial charge in [0.05, 0.1) is 18.3 Å². The van der Waals surface area contributed by atoms with E-state index in [0.29, 0.717) is 18.2 Å². The fourth-order valence-electron chi connectivity index (χ4n) is 2.14. The fourth-order valence-corrected chi connectivity index (χ4v) is 2.14. The summed E-state index contributed by atoms with van der Waals surface area (Å²) in [6.45, 7) is 10.2. The summed E-state index contributed by atoms with van der Waals surface area (Å²) in [4.78, 5) is 10.5. The quantitative estimate of drug-likeness (QED) is 0.893. The lowest BCUT2D eigenvalue weighted by Crippen LogP contribution is -2.48. The molecule has 0 aromatic carbocycles. The van der Waals surface area contributed by atoms with E-state index in [1.165, 1.54) is 6.33 Å². The van der Waals surface area contributed by atoms with Gasteiger partial charge >= 0.3 is 0 Å². The van der Waals surface area contributed by atoms with Crippen LogP contribution in [0.1, 0.15) is 27.7 Å². The third-order valence-electron chi connectivity index (χ3n) is 2.90. The van der Waals surface area contributed by atoms with Crippen molar-refractivity contribution in [3.05, 3.63) is 6.33 Å². The number of nitrogens with two attached hydrogens (primary N) is 1. The predicted molar refractivity (Wildman–Crippen MR) is 74.5 cm³/mol. The lowest BCUT2D eigenvalue weighted by atomic mass is 10.1. The minimum atomic E-state index is -0.200. The van der Waals surface area contributed by atoms with E-state index in [2.05, 4.69) is 28.7 Å². The van der Waals surface area contributed by atoms with Crippen molar-refractivity contribution in [3.63, 3.8) is 0 Å². The average molecular weight is 266 g/mol. The van der Waals surface area contributed by atoms with Gasteiger partial charge in [-0.05, 0) is 27.7 Å². The molecule has 0 saturated carbocycles. The molecule has 1 aliphatic heterocycles. The van der Waals surface area contributed by atoms with E-state index in [1.54, 1.807) is 0 Å². The third-order valence-corrected chi connectivity index (χ3v) is 2.90. The Hall–Kier alpha value is -1.56. The zero-order valence-electron chi connectivity index (χ0n) is 12.0. The van der Waals surface area contributed by atoms with E-state index in [4.69, 9.17) is 15.2 Å². The van der Waals surface area contributed by atoms with E-state index >= 15 is 0 Å². The van der Waals surface area contributed by atoms with Crippen molar-refractivity contribution >= 4 is 11.5 Å². The second-order valence-electron chi connectivity index (χ2n) is 5.61. The Morgan fingerprint density at radius 2 is 2.16 bits per heavy atom. The summed E-state index contributed by atoms with van der Waals surface area (Å²) in [5, 5.41) is 0. The molecule has 0 spiro atoms. The van der Waals surface area contributed by atoms with Crippen LogP contribution in [0.2, 0.25) is 0 Å². The van der Waals surface area contributed by atoms with Gasteiger partial charge in [0.25, 0.3) is 0 Å². The van der Waals surface area contributed by atoms with Crippen molar-refractivity contribution < 1.29 is 9.47 Å². The first-order valence-corrected chi connectivity index (χ1v) is 6.55. The smallest absolute Gasteiger partial charge is 0.242 e. The average Bonchev–Trinajstić information content (AvgIpc) is 2.30. The minimum absolute atomic E-state index is 0.0335. The summed E-state index contributed by atoms with van der Waals surface area (Å²) in [6, 6.07) is 0. The van der Waals surface area contributed by atoms with E-state index in [0.717, 1.165) is 18.9 Å². The second-order valence-corrected chi connectivity index (χ2v) is 5.61. The van der Waals surface area contributed by atoms with Gasteiger partial charge in [0.1, 0.15) is 12.0 Å². The topological polar surface area (TPSA) is 73.5 Å². The molecule has 1 saturated heterocycles. The first-order chi connectivity index (χ1) is 8.89. The highest BCUT2D eigenvalue weighted by molar-refractivity contribution is 5.68. The molecule has 0 unspecified atom stereocenters. The van der Waals surface area contributed by atoms with Crippen molar-refractivity contribution in [2.24, 2.45) is 0 Å². The molecule has 6 nitrogen and oxygen atoms in total. The highest BCUT2D eigenvalue weighted by atomic mass is 16.5. The molecule has 0 bridgehead atoms. The molecule has 1 fully saturated rings. The summed E-state index contributed by atoms with van der Waals surface area (Å²) >= 11 is 0. The van der Waals surface area contributed by atoms with Crippen LogP contribution < -0.4 is 15.4 Å². The van der Waals surface area contributed by atoms with Crippen LogP contribution in [0, 0.1) is 0 Å². The van der Waals surface area contributed by atoms with Crippen LogP contribution in [0.5, 0.6) is 5.88 Å². The molecule has 0 radical (unpaired) electrons. The van der Waals surface area contributed by atoms with Crippen LogP contribution in [-0.2, 0) is 4.74 Å². The lowest BCUT2D eigenvalue weighted by Gasteiger charge is -2.39. The van der Waals surface area contributed by atoms with Crippen molar-refractivity contribution in [3.8, 4) is 5.88 Å². The number of nitrogens with zero attached hydrogens (tertiary/aromatic N) is 3. The number of morpholine rings is 1. The van der Waals surface area contributed by atoms with Gasteiger partial charge < -0.3 is 20.1 Å². The summed E-state index contributed by atoms with van der Waals surface area (Å²) in [5.41, 5.74) is 6.41. The van der Waals surface area contributed by atoms with Crippen molar-refractivity contribution in [2.45, 2.75) is 39.4 Å². The molecule has 1 aromatic heterocycles. The van der Waals surface area contributed by atoms with Gasteiger partial charge in [-0.25, -0.2) is 4.98 Å². The maximum absolute atomic E-state index is 6.12. The monoisotopic (exact) mass is 266 g/mol. The molecule has 2 N–H and O–H groups in total. The standard InChI is InChI=1S/C13H22N4O2/c1-9(2)19-12-10(14)11(15-8-16-12)17-5-6-18-13(3,4)7-17/h8-9H,5-7,14H2,1-4H3. The van der Waals surface area contributed by atoms with Gasteiger partial charge in [-0.1, -0.05) is 0 Å². The molecule has 2 rings (SSSR count). The first-order valence-electron chi connectivity index (χ1n) is 6.55. The van der Waals surface area contributed by atoms with Crippen molar-refractivity contribution in [2.75, 3.05) is 30.3 Å². The number of hydrogen-bond donors (Lipinski definition) is 1. The maximum Gasteiger partial charge on any atom is 0.242 e. The number of ether oxygens (including phenoxy) is 2. The molecule has 2 heterocycles. The molecule has 19 heavy (non-hydrogen) atoms. The van der Waals surface area contributed by atoms with Gasteiger partial charge in [0.2, 0.25) is 5.88 Å². The fraction of sp³-hybridized carbons (Fsp3) is 0.692. The SMILES string of the molecule is CC(C)Oc1ncnc(N2CCOC(C)(C)C2)c1N. The summed E-state index contributed by atoms with van der Waals surface area (Å²) < 4.78 is 11.3. The Morgan fingerprint density at radius 1 is 1.42 bits per heavy atom. The van der Waals surface area contributed by atoms with Crippen LogP contribution in [-0.4, -0.2) is 41.4 Å². The predicted octanol–water partition coefficient (Wildman–Crippen LogP) is 1.46. The van der Waals surface area contributed by atoms with Crippen LogP contribution in [0.4, 0.5) is 11.5 Å².